The zero-order chi connectivity index (χ0) is 14.7. The lowest BCUT2D eigenvalue weighted by Crippen LogP contribution is -2.57. The Morgan fingerprint density at radius 3 is 2.70 bits per heavy atom. The van der Waals surface area contributed by atoms with E-state index >= 15 is 0 Å². The molecule has 0 aromatic carbocycles. The molecule has 2 saturated heterocycles. The molecule has 2 heterocycles. The smallest absolute Gasteiger partial charge is 0.320 e. The van der Waals surface area contributed by atoms with E-state index in [-0.39, 0.29) is 30.6 Å². The number of urea groups is 1. The van der Waals surface area contributed by atoms with Gasteiger partial charge >= 0.3 is 12.0 Å². The fraction of sp³-hybridized carbons (Fsp3) is 0.857. The van der Waals surface area contributed by atoms with Gasteiger partial charge in [-0.3, -0.25) is 4.79 Å². The van der Waals surface area contributed by atoms with Gasteiger partial charge in [0.1, 0.15) is 0 Å². The average Bonchev–Trinajstić information content (AvgIpc) is 2.41. The van der Waals surface area contributed by atoms with Crippen molar-refractivity contribution >= 4 is 12.0 Å². The molecule has 0 aromatic rings. The summed E-state index contributed by atoms with van der Waals surface area (Å²) in [6.07, 6.45) is 2.82. The van der Waals surface area contributed by atoms with Gasteiger partial charge in [-0.1, -0.05) is 0 Å². The lowest BCUT2D eigenvalue weighted by Gasteiger charge is -2.43. The van der Waals surface area contributed by atoms with Crippen LogP contribution in [0.25, 0.3) is 0 Å². The number of ether oxygens (including phenoxy) is 1. The summed E-state index contributed by atoms with van der Waals surface area (Å²) in [5.74, 6) is -0.835. The van der Waals surface area contributed by atoms with Crippen LogP contribution in [-0.2, 0) is 9.53 Å². The van der Waals surface area contributed by atoms with Crippen LogP contribution in [0, 0.1) is 0 Å². The highest BCUT2D eigenvalue weighted by molar-refractivity contribution is 5.76. The predicted molar refractivity (Wildman–Crippen MR) is 73.6 cm³/mol. The van der Waals surface area contributed by atoms with Crippen LogP contribution in [0.4, 0.5) is 4.79 Å². The van der Waals surface area contributed by atoms with Crippen molar-refractivity contribution in [3.05, 3.63) is 0 Å². The zero-order valence-corrected chi connectivity index (χ0v) is 12.2. The summed E-state index contributed by atoms with van der Waals surface area (Å²) in [7, 11) is 0. The first-order chi connectivity index (χ1) is 9.49. The van der Waals surface area contributed by atoms with E-state index in [9.17, 15) is 9.59 Å². The molecule has 0 saturated carbocycles. The maximum Gasteiger partial charge on any atom is 0.320 e. The van der Waals surface area contributed by atoms with Crippen molar-refractivity contribution in [1.82, 2.24) is 9.80 Å². The van der Waals surface area contributed by atoms with Crippen LogP contribution in [0.3, 0.4) is 0 Å². The van der Waals surface area contributed by atoms with Crippen molar-refractivity contribution in [2.24, 2.45) is 0 Å². The Bertz CT molecular complexity index is 374. The number of carbonyl (C=O) groups excluding carboxylic acids is 1. The lowest BCUT2D eigenvalue weighted by atomic mass is 9.99. The molecule has 114 valence electrons. The summed E-state index contributed by atoms with van der Waals surface area (Å²) in [5, 5.41) is 9.00. The number of rotatable bonds is 2. The quantitative estimate of drug-likeness (QED) is 0.835. The van der Waals surface area contributed by atoms with Gasteiger partial charge in [-0.2, -0.15) is 0 Å². The van der Waals surface area contributed by atoms with Gasteiger partial charge in [0.2, 0.25) is 0 Å². The minimum Gasteiger partial charge on any atom is -0.481 e. The summed E-state index contributed by atoms with van der Waals surface area (Å²) in [4.78, 5) is 27.2. The number of likely N-dealkylation sites (tertiary alicyclic amines) is 1. The Labute approximate surface area is 119 Å². The number of carboxylic acids is 1. The molecule has 6 nitrogen and oxygen atoms in total. The third-order valence-electron chi connectivity index (χ3n) is 4.14. The molecule has 2 fully saturated rings. The summed E-state index contributed by atoms with van der Waals surface area (Å²) < 4.78 is 5.54. The second-order valence-corrected chi connectivity index (χ2v) is 5.87. The van der Waals surface area contributed by atoms with Gasteiger partial charge in [-0.15, -0.1) is 0 Å². The van der Waals surface area contributed by atoms with E-state index in [0.717, 1.165) is 19.3 Å². The molecule has 2 amide bonds. The molecule has 2 aliphatic heterocycles. The highest BCUT2D eigenvalue weighted by Gasteiger charge is 2.35. The van der Waals surface area contributed by atoms with Crippen LogP contribution >= 0.6 is 0 Å². The maximum absolute atomic E-state index is 12.7. The molecule has 1 N–H and O–H groups in total. The zero-order valence-electron chi connectivity index (χ0n) is 12.2. The normalized spacial score (nSPS) is 31.2. The first-order valence-corrected chi connectivity index (χ1v) is 7.39. The minimum absolute atomic E-state index is 0.0291. The van der Waals surface area contributed by atoms with Gasteiger partial charge < -0.3 is 19.6 Å². The second-order valence-electron chi connectivity index (χ2n) is 5.87. The minimum atomic E-state index is -0.835. The van der Waals surface area contributed by atoms with Gasteiger partial charge in [0.15, 0.2) is 0 Å². The fourth-order valence-corrected chi connectivity index (χ4v) is 3.00. The molecule has 2 aliphatic rings. The Kier molecular flexibility index (Phi) is 4.86. The van der Waals surface area contributed by atoms with Crippen LogP contribution in [0.1, 0.15) is 39.5 Å². The first kappa shape index (κ1) is 15.1. The topological polar surface area (TPSA) is 70.1 Å². The molecule has 3 unspecified atom stereocenters. The van der Waals surface area contributed by atoms with Crippen molar-refractivity contribution in [1.29, 1.82) is 0 Å². The Morgan fingerprint density at radius 2 is 2.00 bits per heavy atom. The predicted octanol–water partition coefficient (Wildman–Crippen LogP) is 1.54. The number of amides is 2. The molecule has 6 heteroatoms. The average molecular weight is 284 g/mol. The number of carbonyl (C=O) groups is 2. The van der Waals surface area contributed by atoms with E-state index in [0.29, 0.717) is 19.7 Å². The van der Waals surface area contributed by atoms with E-state index < -0.39 is 5.97 Å². The standard InChI is InChI=1S/C14H24N2O4/c1-10-9-20-11(2)8-16(10)14(19)15-6-4-3-5-12(15)7-13(17)18/h10-12H,3-9H2,1-2H3,(H,17,18). The molecule has 0 aromatic heterocycles. The van der Waals surface area contributed by atoms with E-state index in [2.05, 4.69) is 0 Å². The molecule has 2 rings (SSSR count). The first-order valence-electron chi connectivity index (χ1n) is 7.39. The fourth-order valence-electron chi connectivity index (χ4n) is 3.00. The molecular weight excluding hydrogens is 260 g/mol. The third-order valence-corrected chi connectivity index (χ3v) is 4.14. The lowest BCUT2D eigenvalue weighted by molar-refractivity contribution is -0.138. The van der Waals surface area contributed by atoms with Gasteiger partial charge in [0, 0.05) is 19.1 Å². The highest BCUT2D eigenvalue weighted by Crippen LogP contribution is 2.23. The Morgan fingerprint density at radius 1 is 1.25 bits per heavy atom. The number of morpholine rings is 1. The number of hydrogen-bond acceptors (Lipinski definition) is 3. The van der Waals surface area contributed by atoms with Gasteiger partial charge in [0.25, 0.3) is 0 Å². The van der Waals surface area contributed by atoms with Crippen molar-refractivity contribution < 1.29 is 19.4 Å². The van der Waals surface area contributed by atoms with Crippen LogP contribution in [0.15, 0.2) is 0 Å². The Hall–Kier alpha value is -1.30. The van der Waals surface area contributed by atoms with Crippen LogP contribution in [0.5, 0.6) is 0 Å². The number of aliphatic carboxylic acids is 1. The molecule has 3 atom stereocenters. The van der Waals surface area contributed by atoms with Crippen LogP contribution in [-0.4, -0.2) is 64.8 Å². The molecule has 0 spiro atoms. The van der Waals surface area contributed by atoms with E-state index in [1.165, 1.54) is 0 Å². The number of carboxylic acid groups (broad SMARTS) is 1. The SMILES string of the molecule is CC1CN(C(=O)N2CCCCC2CC(=O)O)C(C)CO1. The molecule has 20 heavy (non-hydrogen) atoms. The van der Waals surface area contributed by atoms with E-state index in [1.54, 1.807) is 4.90 Å². The largest absolute Gasteiger partial charge is 0.481 e. The number of piperidine rings is 1. The van der Waals surface area contributed by atoms with Gasteiger partial charge in [-0.05, 0) is 33.1 Å². The van der Waals surface area contributed by atoms with Gasteiger partial charge in [-0.25, -0.2) is 4.79 Å². The van der Waals surface area contributed by atoms with Gasteiger partial charge in [0.05, 0.1) is 25.2 Å². The molecule has 0 bridgehead atoms. The Balaban J connectivity index is 2.06. The van der Waals surface area contributed by atoms with E-state index in [4.69, 9.17) is 9.84 Å². The summed E-state index contributed by atoms with van der Waals surface area (Å²) in [5.41, 5.74) is 0. The summed E-state index contributed by atoms with van der Waals surface area (Å²) in [6.45, 7) is 5.72. The summed E-state index contributed by atoms with van der Waals surface area (Å²) in [6, 6.07) is -0.149. The second kappa shape index (κ2) is 6.43. The van der Waals surface area contributed by atoms with Crippen molar-refractivity contribution in [3.8, 4) is 0 Å². The van der Waals surface area contributed by atoms with Crippen LogP contribution < -0.4 is 0 Å². The van der Waals surface area contributed by atoms with E-state index in [1.807, 2.05) is 18.7 Å². The maximum atomic E-state index is 12.7. The van der Waals surface area contributed by atoms with Crippen molar-refractivity contribution in [2.75, 3.05) is 19.7 Å². The van der Waals surface area contributed by atoms with Crippen molar-refractivity contribution in [3.63, 3.8) is 0 Å². The molecular formula is C14H24N2O4. The highest BCUT2D eigenvalue weighted by atomic mass is 16.5. The van der Waals surface area contributed by atoms with Crippen molar-refractivity contribution in [2.45, 2.75) is 57.7 Å². The number of nitrogens with zero attached hydrogens (tertiary/aromatic N) is 2. The number of hydrogen-bond donors (Lipinski definition) is 1. The monoisotopic (exact) mass is 284 g/mol. The summed E-state index contributed by atoms with van der Waals surface area (Å²) >= 11 is 0. The third kappa shape index (κ3) is 3.42. The molecule has 0 radical (unpaired) electrons. The van der Waals surface area contributed by atoms with Crippen LogP contribution in [0.2, 0.25) is 0 Å². The molecule has 0 aliphatic carbocycles.